The molecule has 2 rings (SSSR count). The molecule has 0 aliphatic carbocycles. The second-order valence-corrected chi connectivity index (χ2v) is 4.42. The molecule has 0 radical (unpaired) electrons. The third-order valence-electron chi connectivity index (χ3n) is 3.04. The van der Waals surface area contributed by atoms with Gasteiger partial charge in [0, 0.05) is 5.56 Å². The highest BCUT2D eigenvalue weighted by Crippen LogP contribution is 2.24. The van der Waals surface area contributed by atoms with Crippen LogP contribution in [0.5, 0.6) is 0 Å². The Morgan fingerprint density at radius 3 is 2.33 bits per heavy atom. The fourth-order valence-corrected chi connectivity index (χ4v) is 2.08. The maximum Gasteiger partial charge on any atom is 0.128 e. The summed E-state index contributed by atoms with van der Waals surface area (Å²) >= 11 is 0. The second-order valence-electron chi connectivity index (χ2n) is 4.42. The quantitative estimate of drug-likeness (QED) is 0.860. The van der Waals surface area contributed by atoms with Crippen LogP contribution in [0, 0.1) is 12.7 Å². The zero-order valence-electron chi connectivity index (χ0n) is 10.8. The van der Waals surface area contributed by atoms with Crippen molar-refractivity contribution in [1.29, 1.82) is 0 Å². The van der Waals surface area contributed by atoms with Gasteiger partial charge in [-0.1, -0.05) is 55.0 Å². The third-order valence-corrected chi connectivity index (χ3v) is 3.04. The van der Waals surface area contributed by atoms with Gasteiger partial charge in [0.1, 0.15) is 5.82 Å². The number of aryl methyl sites for hydroxylation is 1. The summed E-state index contributed by atoms with van der Waals surface area (Å²) in [6.45, 7) is 4.88. The van der Waals surface area contributed by atoms with Gasteiger partial charge in [-0.3, -0.25) is 0 Å². The minimum Gasteiger partial charge on any atom is -0.306 e. The van der Waals surface area contributed by atoms with Gasteiger partial charge in [0.15, 0.2) is 0 Å². The van der Waals surface area contributed by atoms with Crippen LogP contribution in [0.1, 0.15) is 29.7 Å². The molecular weight excluding hydrogens is 225 g/mol. The van der Waals surface area contributed by atoms with Gasteiger partial charge in [0.05, 0.1) is 6.04 Å². The average Bonchev–Trinajstić information content (AvgIpc) is 2.38. The van der Waals surface area contributed by atoms with E-state index in [1.807, 2.05) is 19.1 Å². The summed E-state index contributed by atoms with van der Waals surface area (Å²) in [5.74, 6) is -0.163. The van der Waals surface area contributed by atoms with Crippen molar-refractivity contribution >= 4 is 0 Å². The van der Waals surface area contributed by atoms with Crippen molar-refractivity contribution in [2.24, 2.45) is 0 Å². The average molecular weight is 243 g/mol. The summed E-state index contributed by atoms with van der Waals surface area (Å²) < 4.78 is 13.9. The molecule has 0 saturated heterocycles. The molecule has 0 aliphatic rings. The number of nitrogens with one attached hydrogen (secondary N) is 1. The van der Waals surface area contributed by atoms with Gasteiger partial charge >= 0.3 is 0 Å². The van der Waals surface area contributed by atoms with Crippen molar-refractivity contribution in [2.75, 3.05) is 6.54 Å². The minimum absolute atomic E-state index is 0.0863. The highest BCUT2D eigenvalue weighted by molar-refractivity contribution is 5.34. The van der Waals surface area contributed by atoms with E-state index in [0.29, 0.717) is 5.56 Å². The summed E-state index contributed by atoms with van der Waals surface area (Å²) in [6, 6.07) is 15.1. The molecule has 0 amide bonds. The molecule has 1 unspecified atom stereocenters. The summed E-state index contributed by atoms with van der Waals surface area (Å²) in [7, 11) is 0. The van der Waals surface area contributed by atoms with Gasteiger partial charge in [-0.2, -0.15) is 0 Å². The maximum atomic E-state index is 13.9. The first-order valence-electron chi connectivity index (χ1n) is 6.26. The molecule has 1 N–H and O–H groups in total. The van der Waals surface area contributed by atoms with E-state index in [9.17, 15) is 4.39 Å². The van der Waals surface area contributed by atoms with Crippen LogP contribution >= 0.6 is 0 Å². The zero-order chi connectivity index (χ0) is 13.0. The molecule has 0 fully saturated rings. The number of hydrogen-bond acceptors (Lipinski definition) is 1. The molecule has 0 saturated carbocycles. The Labute approximate surface area is 108 Å². The van der Waals surface area contributed by atoms with E-state index in [1.165, 1.54) is 11.6 Å². The number of hydrogen-bond donors (Lipinski definition) is 1. The van der Waals surface area contributed by atoms with Gasteiger partial charge < -0.3 is 5.32 Å². The lowest BCUT2D eigenvalue weighted by Gasteiger charge is -2.19. The van der Waals surface area contributed by atoms with Gasteiger partial charge in [0.2, 0.25) is 0 Å². The number of rotatable bonds is 4. The summed E-state index contributed by atoms with van der Waals surface area (Å²) in [5.41, 5.74) is 3.00. The van der Waals surface area contributed by atoms with Crippen molar-refractivity contribution in [3.63, 3.8) is 0 Å². The van der Waals surface area contributed by atoms with Crippen LogP contribution in [0.3, 0.4) is 0 Å². The molecule has 0 aromatic heterocycles. The van der Waals surface area contributed by atoms with Crippen molar-refractivity contribution in [2.45, 2.75) is 19.9 Å². The van der Waals surface area contributed by atoms with E-state index in [4.69, 9.17) is 0 Å². The molecule has 0 aliphatic heterocycles. The highest BCUT2D eigenvalue weighted by atomic mass is 19.1. The number of benzene rings is 2. The Bertz CT molecular complexity index is 505. The van der Waals surface area contributed by atoms with Crippen LogP contribution < -0.4 is 5.32 Å². The molecule has 0 heterocycles. The molecule has 94 valence electrons. The van der Waals surface area contributed by atoms with Gasteiger partial charge in [-0.05, 0) is 25.1 Å². The van der Waals surface area contributed by atoms with Crippen LogP contribution in [0.15, 0.2) is 48.5 Å². The van der Waals surface area contributed by atoms with Crippen LogP contribution in [-0.4, -0.2) is 6.54 Å². The predicted molar refractivity (Wildman–Crippen MR) is 73.1 cm³/mol. The topological polar surface area (TPSA) is 12.0 Å². The maximum absolute atomic E-state index is 13.9. The fourth-order valence-electron chi connectivity index (χ4n) is 2.08. The van der Waals surface area contributed by atoms with Crippen LogP contribution in [0.2, 0.25) is 0 Å². The van der Waals surface area contributed by atoms with Crippen molar-refractivity contribution < 1.29 is 4.39 Å². The third kappa shape index (κ3) is 2.77. The molecule has 1 nitrogen and oxygen atoms in total. The largest absolute Gasteiger partial charge is 0.306 e. The van der Waals surface area contributed by atoms with Crippen molar-refractivity contribution in [3.05, 3.63) is 71.0 Å². The van der Waals surface area contributed by atoms with E-state index >= 15 is 0 Å². The van der Waals surface area contributed by atoms with Crippen LogP contribution in [0.25, 0.3) is 0 Å². The lowest BCUT2D eigenvalue weighted by Crippen LogP contribution is -2.22. The Hall–Kier alpha value is -1.67. The normalized spacial score (nSPS) is 12.4. The Morgan fingerprint density at radius 2 is 1.72 bits per heavy atom. The van der Waals surface area contributed by atoms with Crippen LogP contribution in [-0.2, 0) is 0 Å². The van der Waals surface area contributed by atoms with Crippen LogP contribution in [0.4, 0.5) is 4.39 Å². The van der Waals surface area contributed by atoms with Crippen molar-refractivity contribution in [3.8, 4) is 0 Å². The summed E-state index contributed by atoms with van der Waals surface area (Å²) in [4.78, 5) is 0. The van der Waals surface area contributed by atoms with E-state index in [2.05, 4.69) is 36.5 Å². The second kappa shape index (κ2) is 5.78. The Morgan fingerprint density at radius 1 is 1.06 bits per heavy atom. The lowest BCUT2D eigenvalue weighted by atomic mass is 9.97. The summed E-state index contributed by atoms with van der Waals surface area (Å²) in [5, 5.41) is 3.34. The molecule has 2 aromatic rings. The first-order chi connectivity index (χ1) is 8.72. The van der Waals surface area contributed by atoms with Gasteiger partial charge in [-0.15, -0.1) is 0 Å². The lowest BCUT2D eigenvalue weighted by molar-refractivity contribution is 0.559. The minimum atomic E-state index is -0.163. The number of halogens is 1. The van der Waals surface area contributed by atoms with E-state index in [0.717, 1.165) is 12.1 Å². The predicted octanol–water partition coefficient (Wildman–Crippen LogP) is 3.83. The van der Waals surface area contributed by atoms with Gasteiger partial charge in [0.25, 0.3) is 0 Å². The summed E-state index contributed by atoms with van der Waals surface area (Å²) in [6.07, 6.45) is 0. The molecule has 1 atom stereocenters. The molecule has 0 spiro atoms. The van der Waals surface area contributed by atoms with Crippen molar-refractivity contribution in [1.82, 2.24) is 5.32 Å². The highest BCUT2D eigenvalue weighted by Gasteiger charge is 2.15. The molecule has 2 aromatic carbocycles. The fraction of sp³-hybridized carbons (Fsp3) is 0.250. The standard InChI is InChI=1S/C16H18FN/c1-3-18-16(13-10-8-12(2)9-11-13)14-6-4-5-7-15(14)17/h4-11,16,18H,3H2,1-2H3. The zero-order valence-corrected chi connectivity index (χ0v) is 10.8. The molecular formula is C16H18FN. The van der Waals surface area contributed by atoms with E-state index in [1.54, 1.807) is 6.07 Å². The molecule has 0 bridgehead atoms. The molecule has 18 heavy (non-hydrogen) atoms. The smallest absolute Gasteiger partial charge is 0.128 e. The SMILES string of the molecule is CCNC(c1ccc(C)cc1)c1ccccc1F. The first kappa shape index (κ1) is 12.8. The first-order valence-corrected chi connectivity index (χ1v) is 6.26. The Balaban J connectivity index is 2.40. The molecule has 2 heteroatoms. The monoisotopic (exact) mass is 243 g/mol. The Kier molecular flexibility index (Phi) is 4.11. The van der Waals surface area contributed by atoms with Gasteiger partial charge in [-0.25, -0.2) is 4.39 Å². The van der Waals surface area contributed by atoms with E-state index in [-0.39, 0.29) is 11.9 Å². The van der Waals surface area contributed by atoms with E-state index < -0.39 is 0 Å².